The number of rotatable bonds is 10. The minimum atomic E-state index is 0.638. The summed E-state index contributed by atoms with van der Waals surface area (Å²) in [5, 5.41) is 9.05. The molecule has 7 heterocycles. The van der Waals surface area contributed by atoms with Gasteiger partial charge in [-0.05, 0) is 88.0 Å². The Hall–Kier alpha value is -13.1. The maximum Gasteiger partial charge on any atom is 0.164 e. The molecule has 0 atom stereocenters. The molecule has 9 heteroatoms. The smallest absolute Gasteiger partial charge is 0.164 e. The zero-order chi connectivity index (χ0) is 63.7. The van der Waals surface area contributed by atoms with Crippen LogP contribution in [0.1, 0.15) is 0 Å². The van der Waals surface area contributed by atoms with Crippen molar-refractivity contribution in [2.45, 2.75) is 0 Å². The summed E-state index contributed by atoms with van der Waals surface area (Å²) in [6.45, 7) is 0. The number of para-hydroxylation sites is 2. The summed E-state index contributed by atoms with van der Waals surface area (Å²) in [5.41, 5.74) is 21.5. The fourth-order valence-corrected chi connectivity index (χ4v) is 13.1. The fourth-order valence-electron chi connectivity index (χ4n) is 13.1. The Morgan fingerprint density at radius 3 is 1.05 bits per heavy atom. The van der Waals surface area contributed by atoms with Gasteiger partial charge in [0, 0.05) is 107 Å². The lowest BCUT2D eigenvalue weighted by molar-refractivity contribution is 1.07. The highest BCUT2D eigenvalue weighted by atomic mass is 15.0. The molecule has 0 N–H and O–H groups in total. The van der Waals surface area contributed by atoms with Crippen molar-refractivity contribution >= 4 is 65.2 Å². The van der Waals surface area contributed by atoms with Crippen molar-refractivity contribution in [1.29, 1.82) is 0 Å². The number of pyridine rings is 6. The fraction of sp³-hybridized carbons (Fsp3) is 0. The molecule has 0 bridgehead atoms. The minimum absolute atomic E-state index is 0.638. The summed E-state index contributed by atoms with van der Waals surface area (Å²) in [5.74, 6) is 1.94. The highest BCUT2D eigenvalue weighted by molar-refractivity contribution is 6.18. The van der Waals surface area contributed by atoms with E-state index in [0.29, 0.717) is 17.5 Å². The van der Waals surface area contributed by atoms with Crippen molar-refractivity contribution < 1.29 is 0 Å². The number of aromatic nitrogens is 9. The molecule has 0 fully saturated rings. The Bertz CT molecular complexity index is 5860. The quantitative estimate of drug-likeness (QED) is 0.123. The van der Waals surface area contributed by atoms with Crippen LogP contribution >= 0.6 is 0 Å². The molecule has 0 spiro atoms. The second kappa shape index (κ2) is 24.8. The highest BCUT2D eigenvalue weighted by Gasteiger charge is 2.19. The van der Waals surface area contributed by atoms with Crippen LogP contribution in [0.5, 0.6) is 0 Å². The van der Waals surface area contributed by atoms with Crippen LogP contribution in [0.15, 0.2) is 334 Å². The predicted octanol–water partition coefficient (Wildman–Crippen LogP) is 21.5. The predicted molar refractivity (Wildman–Crippen MR) is 392 cm³/mol. The molecule has 96 heavy (non-hydrogen) atoms. The number of benzene rings is 11. The SMILES string of the molecule is c1ccc(-c2ccc3ccc4ccc(-c5ccc(-c6cccc7c(-c8ccncc8)nc8ccccc8c67)cc5)nc4c3n2)cc1.c1ccc(-c2nc(-c3ccccc3)nc(-c3ccc(-c4cccc(-c5cccc6c(-c7ccncc7)nc7ccccc7c56)c4)cc3)n2)cc1. The molecular formula is C87H55N9. The van der Waals surface area contributed by atoms with Crippen LogP contribution in [0.25, 0.3) is 178 Å². The van der Waals surface area contributed by atoms with Crippen molar-refractivity contribution in [1.82, 2.24) is 44.9 Å². The van der Waals surface area contributed by atoms with Crippen LogP contribution in [0.3, 0.4) is 0 Å². The van der Waals surface area contributed by atoms with Gasteiger partial charge >= 0.3 is 0 Å². The lowest BCUT2D eigenvalue weighted by Crippen LogP contribution is -2.00. The summed E-state index contributed by atoms with van der Waals surface area (Å²) >= 11 is 0. The molecule has 18 rings (SSSR count). The second-order valence-corrected chi connectivity index (χ2v) is 23.6. The van der Waals surface area contributed by atoms with Crippen molar-refractivity contribution in [3.63, 3.8) is 0 Å². The molecule has 0 aliphatic carbocycles. The van der Waals surface area contributed by atoms with Crippen LogP contribution in [0.4, 0.5) is 0 Å². The molecule has 18 aromatic rings. The van der Waals surface area contributed by atoms with Gasteiger partial charge < -0.3 is 0 Å². The van der Waals surface area contributed by atoms with Gasteiger partial charge in [0.15, 0.2) is 17.5 Å². The Labute approximate surface area is 553 Å². The first-order valence-corrected chi connectivity index (χ1v) is 32.0. The standard InChI is InChI=1S/C45H29N5.C42H26N4/c1-3-11-32(12-4-1)43-48-44(33-13-5-2-6-14-33)50-45(49-43)34-23-21-30(22-24-34)35-15-9-16-36(29-35)37-18-10-19-39-41(37)38-17-7-8-20-40(38)47-42(39)31-25-27-46-28-26-31;1-2-7-28(8-3-1)36-21-19-30-17-18-31-20-22-37(45-42(31)41(30)44-36)29-15-13-27(14-16-29)33-10-6-11-35-39(33)34-9-4-5-12-38(34)46-40(35)32-23-25-43-26-24-32/h1-29H;1-26H. The van der Waals surface area contributed by atoms with Gasteiger partial charge in [-0.15, -0.1) is 0 Å². The van der Waals surface area contributed by atoms with Crippen LogP contribution in [-0.2, 0) is 0 Å². The van der Waals surface area contributed by atoms with E-state index in [1.165, 1.54) is 21.9 Å². The molecule has 7 aromatic heterocycles. The molecule has 0 saturated heterocycles. The third-order valence-electron chi connectivity index (χ3n) is 17.8. The summed E-state index contributed by atoms with van der Waals surface area (Å²) in [6.07, 6.45) is 7.29. The van der Waals surface area contributed by atoms with Gasteiger partial charge in [0.05, 0.1) is 44.8 Å². The molecule has 0 amide bonds. The third-order valence-corrected chi connectivity index (χ3v) is 17.8. The first-order chi connectivity index (χ1) is 47.6. The maximum absolute atomic E-state index is 5.17. The van der Waals surface area contributed by atoms with Gasteiger partial charge in [-0.25, -0.2) is 34.9 Å². The van der Waals surface area contributed by atoms with Gasteiger partial charge in [-0.3, -0.25) is 9.97 Å². The first-order valence-electron chi connectivity index (χ1n) is 32.0. The van der Waals surface area contributed by atoms with E-state index in [2.05, 4.69) is 204 Å². The Morgan fingerprint density at radius 1 is 0.198 bits per heavy atom. The Balaban J connectivity index is 0.000000146. The number of hydrogen-bond donors (Lipinski definition) is 0. The van der Waals surface area contributed by atoms with Crippen LogP contribution in [0, 0.1) is 0 Å². The average Bonchev–Trinajstić information content (AvgIpc) is 0.783. The molecule has 0 aliphatic rings. The van der Waals surface area contributed by atoms with Crippen molar-refractivity contribution in [2.24, 2.45) is 0 Å². The van der Waals surface area contributed by atoms with Crippen LogP contribution in [-0.4, -0.2) is 44.9 Å². The molecule has 448 valence electrons. The van der Waals surface area contributed by atoms with E-state index >= 15 is 0 Å². The van der Waals surface area contributed by atoms with E-state index in [4.69, 9.17) is 34.9 Å². The van der Waals surface area contributed by atoms with Gasteiger partial charge in [-0.1, -0.05) is 255 Å². The molecular weight excluding hydrogens is 1170 g/mol. The van der Waals surface area contributed by atoms with Gasteiger partial charge in [0.25, 0.3) is 0 Å². The second-order valence-electron chi connectivity index (χ2n) is 23.6. The monoisotopic (exact) mass is 1230 g/mol. The van der Waals surface area contributed by atoms with E-state index in [1.54, 1.807) is 0 Å². The average molecular weight is 1230 g/mol. The van der Waals surface area contributed by atoms with Crippen molar-refractivity contribution in [3.05, 3.63) is 334 Å². The van der Waals surface area contributed by atoms with Crippen LogP contribution < -0.4 is 0 Å². The summed E-state index contributed by atoms with van der Waals surface area (Å²) < 4.78 is 0. The van der Waals surface area contributed by atoms with Crippen LogP contribution in [0.2, 0.25) is 0 Å². The topological polar surface area (TPSA) is 116 Å². The van der Waals surface area contributed by atoms with E-state index in [1.807, 2.05) is 140 Å². The van der Waals surface area contributed by atoms with E-state index in [9.17, 15) is 0 Å². The molecule has 0 unspecified atom stereocenters. The number of hydrogen-bond acceptors (Lipinski definition) is 9. The molecule has 9 nitrogen and oxygen atoms in total. The molecule has 0 radical (unpaired) electrons. The van der Waals surface area contributed by atoms with E-state index in [-0.39, 0.29) is 0 Å². The first kappa shape index (κ1) is 56.8. The lowest BCUT2D eigenvalue weighted by Gasteiger charge is -2.15. The molecule has 0 aliphatic heterocycles. The minimum Gasteiger partial charge on any atom is -0.265 e. The zero-order valence-electron chi connectivity index (χ0n) is 51.8. The van der Waals surface area contributed by atoms with E-state index in [0.717, 1.165) is 138 Å². The third kappa shape index (κ3) is 10.9. The van der Waals surface area contributed by atoms with E-state index < -0.39 is 0 Å². The highest BCUT2D eigenvalue weighted by Crippen LogP contribution is 2.42. The largest absolute Gasteiger partial charge is 0.265 e. The van der Waals surface area contributed by atoms with Crippen molar-refractivity contribution in [3.8, 4) is 113 Å². The summed E-state index contributed by atoms with van der Waals surface area (Å²) in [7, 11) is 0. The van der Waals surface area contributed by atoms with Gasteiger partial charge in [-0.2, -0.15) is 0 Å². The zero-order valence-corrected chi connectivity index (χ0v) is 51.8. The molecule has 11 aromatic carbocycles. The number of nitrogens with zero attached hydrogens (tertiary/aromatic N) is 9. The normalized spacial score (nSPS) is 11.3. The van der Waals surface area contributed by atoms with Gasteiger partial charge in [0.2, 0.25) is 0 Å². The Kier molecular flexibility index (Phi) is 14.7. The maximum atomic E-state index is 5.17. The Morgan fingerprint density at radius 2 is 0.552 bits per heavy atom. The van der Waals surface area contributed by atoms with Gasteiger partial charge in [0.1, 0.15) is 0 Å². The summed E-state index contributed by atoms with van der Waals surface area (Å²) in [6, 6.07) is 107. The summed E-state index contributed by atoms with van der Waals surface area (Å²) in [4.78, 5) is 43.6. The molecule has 0 saturated carbocycles. The lowest BCUT2D eigenvalue weighted by atomic mass is 9.91. The number of fused-ring (bicyclic) bond motifs is 9. The van der Waals surface area contributed by atoms with Crippen molar-refractivity contribution in [2.75, 3.05) is 0 Å².